The lowest BCUT2D eigenvalue weighted by molar-refractivity contribution is -0.137. The highest BCUT2D eigenvalue weighted by Crippen LogP contribution is 2.29. The van der Waals surface area contributed by atoms with Gasteiger partial charge in [0, 0.05) is 17.4 Å². The summed E-state index contributed by atoms with van der Waals surface area (Å²) in [6, 6.07) is 6.98. The van der Waals surface area contributed by atoms with Crippen LogP contribution in [0, 0.1) is 0 Å². The first-order chi connectivity index (χ1) is 9.36. The van der Waals surface area contributed by atoms with Gasteiger partial charge < -0.3 is 5.32 Å². The van der Waals surface area contributed by atoms with Crippen molar-refractivity contribution in [2.75, 3.05) is 5.32 Å². The second-order valence-electron chi connectivity index (χ2n) is 3.90. The van der Waals surface area contributed by atoms with E-state index >= 15 is 0 Å². The second kappa shape index (κ2) is 5.50. The van der Waals surface area contributed by atoms with Gasteiger partial charge in [0.25, 0.3) is 5.91 Å². The Bertz CT molecular complexity index is 626. The first-order valence-electron chi connectivity index (χ1n) is 5.46. The van der Waals surface area contributed by atoms with Gasteiger partial charge in [0.15, 0.2) is 0 Å². The van der Waals surface area contributed by atoms with Crippen LogP contribution in [-0.2, 0) is 6.18 Å². The van der Waals surface area contributed by atoms with E-state index in [0.717, 1.165) is 12.1 Å². The van der Waals surface area contributed by atoms with Gasteiger partial charge in [-0.25, -0.2) is 4.98 Å². The van der Waals surface area contributed by atoms with Gasteiger partial charge in [-0.2, -0.15) is 13.2 Å². The van der Waals surface area contributed by atoms with Crippen LogP contribution in [-0.4, -0.2) is 10.9 Å². The maximum absolute atomic E-state index is 12.4. The molecule has 1 aromatic carbocycles. The number of amides is 1. The fraction of sp³-hybridized carbons (Fsp3) is 0.0769. The second-order valence-corrected chi connectivity index (χ2v) is 4.28. The summed E-state index contributed by atoms with van der Waals surface area (Å²) in [4.78, 5) is 15.6. The standard InChI is InChI=1S/C13H8ClF3N2O/c14-11-7-8(5-6-18-11)12(20)19-10-3-1-9(2-4-10)13(15,16)17/h1-7H,(H,19,20). The number of carbonyl (C=O) groups excluding carboxylic acids is 1. The minimum Gasteiger partial charge on any atom is -0.322 e. The van der Waals surface area contributed by atoms with Crippen molar-refractivity contribution in [3.63, 3.8) is 0 Å². The molecular formula is C13H8ClF3N2O. The van der Waals surface area contributed by atoms with Crippen LogP contribution in [0.1, 0.15) is 15.9 Å². The van der Waals surface area contributed by atoms with Crippen molar-refractivity contribution >= 4 is 23.2 Å². The maximum Gasteiger partial charge on any atom is 0.416 e. The molecule has 3 nitrogen and oxygen atoms in total. The van der Waals surface area contributed by atoms with Gasteiger partial charge in [0.05, 0.1) is 5.56 Å². The molecule has 1 heterocycles. The van der Waals surface area contributed by atoms with Gasteiger partial charge >= 0.3 is 6.18 Å². The van der Waals surface area contributed by atoms with Crippen LogP contribution in [0.15, 0.2) is 42.6 Å². The van der Waals surface area contributed by atoms with Gasteiger partial charge in [0.2, 0.25) is 0 Å². The highest BCUT2D eigenvalue weighted by molar-refractivity contribution is 6.29. The Hall–Kier alpha value is -2.08. The molecule has 1 N–H and O–H groups in total. The maximum atomic E-state index is 12.4. The van der Waals surface area contributed by atoms with Crippen LogP contribution in [0.4, 0.5) is 18.9 Å². The summed E-state index contributed by atoms with van der Waals surface area (Å²) in [7, 11) is 0. The molecule has 0 aliphatic carbocycles. The third-order valence-corrected chi connectivity index (χ3v) is 2.67. The molecule has 0 bridgehead atoms. The number of nitrogens with one attached hydrogen (secondary N) is 1. The monoisotopic (exact) mass is 300 g/mol. The van der Waals surface area contributed by atoms with E-state index in [4.69, 9.17) is 11.6 Å². The number of rotatable bonds is 2. The van der Waals surface area contributed by atoms with Crippen LogP contribution < -0.4 is 5.32 Å². The summed E-state index contributed by atoms with van der Waals surface area (Å²) in [6.07, 6.45) is -3.04. The average molecular weight is 301 g/mol. The molecule has 0 atom stereocenters. The SMILES string of the molecule is O=C(Nc1ccc(C(F)(F)F)cc1)c1ccnc(Cl)c1. The number of anilines is 1. The Morgan fingerprint density at radius 1 is 1.15 bits per heavy atom. The number of alkyl halides is 3. The largest absolute Gasteiger partial charge is 0.416 e. The molecule has 0 aliphatic heterocycles. The van der Waals surface area contributed by atoms with Crippen molar-refractivity contribution in [2.24, 2.45) is 0 Å². The Labute approximate surface area is 117 Å². The number of halogens is 4. The zero-order chi connectivity index (χ0) is 14.8. The van der Waals surface area contributed by atoms with Crippen molar-refractivity contribution in [1.82, 2.24) is 4.98 Å². The quantitative estimate of drug-likeness (QED) is 0.852. The molecule has 0 unspecified atom stereocenters. The molecule has 20 heavy (non-hydrogen) atoms. The molecule has 0 fully saturated rings. The van der Waals surface area contributed by atoms with E-state index in [0.29, 0.717) is 0 Å². The molecule has 104 valence electrons. The number of hydrogen-bond acceptors (Lipinski definition) is 2. The molecular weight excluding hydrogens is 293 g/mol. The smallest absolute Gasteiger partial charge is 0.322 e. The van der Waals surface area contributed by atoms with E-state index in [1.54, 1.807) is 0 Å². The van der Waals surface area contributed by atoms with Crippen LogP contribution in [0.3, 0.4) is 0 Å². The van der Waals surface area contributed by atoms with Crippen molar-refractivity contribution < 1.29 is 18.0 Å². The normalized spacial score (nSPS) is 11.2. The average Bonchev–Trinajstić information content (AvgIpc) is 2.38. The van der Waals surface area contributed by atoms with E-state index in [2.05, 4.69) is 10.3 Å². The first-order valence-corrected chi connectivity index (χ1v) is 5.84. The molecule has 0 saturated carbocycles. The summed E-state index contributed by atoms with van der Waals surface area (Å²) in [5.74, 6) is -0.478. The number of pyridine rings is 1. The summed E-state index contributed by atoms with van der Waals surface area (Å²) >= 11 is 5.65. The van der Waals surface area contributed by atoms with Crippen LogP contribution in [0.5, 0.6) is 0 Å². The number of aromatic nitrogens is 1. The van der Waals surface area contributed by atoms with E-state index in [9.17, 15) is 18.0 Å². The Balaban J connectivity index is 2.12. The lowest BCUT2D eigenvalue weighted by Gasteiger charge is -2.08. The topological polar surface area (TPSA) is 42.0 Å². The van der Waals surface area contributed by atoms with Crippen LogP contribution in [0.25, 0.3) is 0 Å². The Morgan fingerprint density at radius 3 is 2.35 bits per heavy atom. The highest BCUT2D eigenvalue weighted by atomic mass is 35.5. The third-order valence-electron chi connectivity index (χ3n) is 2.46. The zero-order valence-corrected chi connectivity index (χ0v) is 10.7. The van der Waals surface area contributed by atoms with Gasteiger partial charge in [0.1, 0.15) is 5.15 Å². The molecule has 7 heteroatoms. The molecule has 0 aliphatic rings. The van der Waals surface area contributed by atoms with Crippen molar-refractivity contribution in [3.05, 3.63) is 58.9 Å². The van der Waals surface area contributed by atoms with Crippen molar-refractivity contribution in [2.45, 2.75) is 6.18 Å². The summed E-state index contributed by atoms with van der Waals surface area (Å²) < 4.78 is 37.1. The first kappa shape index (κ1) is 14.3. The third kappa shape index (κ3) is 3.48. The molecule has 0 radical (unpaired) electrons. The molecule has 0 spiro atoms. The van der Waals surface area contributed by atoms with E-state index in [1.165, 1.54) is 30.5 Å². The van der Waals surface area contributed by atoms with Gasteiger partial charge in [-0.15, -0.1) is 0 Å². The van der Waals surface area contributed by atoms with E-state index in [-0.39, 0.29) is 16.4 Å². The minimum atomic E-state index is -4.40. The molecule has 2 aromatic rings. The summed E-state index contributed by atoms with van der Waals surface area (Å²) in [6.45, 7) is 0. The summed E-state index contributed by atoms with van der Waals surface area (Å²) in [5, 5.41) is 2.63. The fourth-order valence-electron chi connectivity index (χ4n) is 1.49. The Morgan fingerprint density at radius 2 is 1.80 bits per heavy atom. The number of benzene rings is 1. The molecule has 0 saturated heterocycles. The van der Waals surface area contributed by atoms with Crippen molar-refractivity contribution in [3.8, 4) is 0 Å². The van der Waals surface area contributed by atoms with Crippen LogP contribution in [0.2, 0.25) is 5.15 Å². The number of nitrogens with zero attached hydrogens (tertiary/aromatic N) is 1. The van der Waals surface area contributed by atoms with Crippen molar-refractivity contribution in [1.29, 1.82) is 0 Å². The number of carbonyl (C=O) groups is 1. The predicted molar refractivity (Wildman–Crippen MR) is 68.6 cm³/mol. The lowest BCUT2D eigenvalue weighted by atomic mass is 10.2. The predicted octanol–water partition coefficient (Wildman–Crippen LogP) is 4.01. The minimum absolute atomic E-state index is 0.157. The molecule has 1 amide bonds. The highest BCUT2D eigenvalue weighted by Gasteiger charge is 2.29. The van der Waals surface area contributed by atoms with Gasteiger partial charge in [-0.3, -0.25) is 4.79 Å². The Kier molecular flexibility index (Phi) is 3.94. The lowest BCUT2D eigenvalue weighted by Crippen LogP contribution is -2.12. The van der Waals surface area contributed by atoms with Gasteiger partial charge in [-0.1, -0.05) is 11.6 Å². The molecule has 2 rings (SSSR count). The van der Waals surface area contributed by atoms with Crippen LogP contribution >= 0.6 is 11.6 Å². The number of hydrogen-bond donors (Lipinski definition) is 1. The van der Waals surface area contributed by atoms with Gasteiger partial charge in [-0.05, 0) is 36.4 Å². The zero-order valence-electron chi connectivity index (χ0n) is 9.91. The van der Waals surface area contributed by atoms with E-state index in [1.807, 2.05) is 0 Å². The molecule has 1 aromatic heterocycles. The summed E-state index contributed by atoms with van der Waals surface area (Å²) in [5.41, 5.74) is -0.247. The van der Waals surface area contributed by atoms with E-state index < -0.39 is 17.6 Å². The fourth-order valence-corrected chi connectivity index (χ4v) is 1.66.